The Morgan fingerprint density at radius 1 is 1.03 bits per heavy atom. The van der Waals surface area contributed by atoms with Crippen molar-refractivity contribution in [2.24, 2.45) is 0 Å². The molecule has 2 aromatic carbocycles. The van der Waals surface area contributed by atoms with Crippen LogP contribution in [0.1, 0.15) is 35.0 Å². The lowest BCUT2D eigenvalue weighted by Gasteiger charge is -2.10. The average molecular weight is 426 g/mol. The van der Waals surface area contributed by atoms with Gasteiger partial charge in [0.25, 0.3) is 0 Å². The van der Waals surface area contributed by atoms with Gasteiger partial charge in [0.05, 0.1) is 28.2 Å². The number of aryl methyl sites for hydroxylation is 2. The summed E-state index contributed by atoms with van der Waals surface area (Å²) in [6.07, 6.45) is 0. The quantitative estimate of drug-likeness (QED) is 0.473. The Morgan fingerprint density at radius 3 is 2.43 bits per heavy atom. The van der Waals surface area contributed by atoms with Gasteiger partial charge in [-0.3, -0.25) is 0 Å². The van der Waals surface area contributed by atoms with Crippen LogP contribution in [-0.2, 0) is 15.6 Å². The van der Waals surface area contributed by atoms with E-state index in [0.29, 0.717) is 33.5 Å². The molecule has 30 heavy (non-hydrogen) atoms. The lowest BCUT2D eigenvalue weighted by Crippen LogP contribution is -2.15. The highest BCUT2D eigenvalue weighted by molar-refractivity contribution is 7.90. The molecule has 4 aromatic rings. The molecule has 1 atom stereocenters. The van der Waals surface area contributed by atoms with E-state index in [1.54, 1.807) is 32.0 Å². The molecular formula is C21H19FN4O3S. The second kappa shape index (κ2) is 7.56. The largest absolute Gasteiger partial charge is 0.338 e. The van der Waals surface area contributed by atoms with Gasteiger partial charge in [0.1, 0.15) is 11.1 Å². The average Bonchev–Trinajstić information content (AvgIpc) is 3.20. The Morgan fingerprint density at radius 2 is 1.73 bits per heavy atom. The lowest BCUT2D eigenvalue weighted by molar-refractivity contribution is 0.377. The molecule has 154 valence electrons. The summed E-state index contributed by atoms with van der Waals surface area (Å²) in [5, 5.41) is 2.76. The molecule has 0 saturated heterocycles. The summed E-state index contributed by atoms with van der Waals surface area (Å²) >= 11 is 0. The van der Waals surface area contributed by atoms with Gasteiger partial charge in [-0.15, -0.1) is 0 Å². The number of benzene rings is 2. The smallest absolute Gasteiger partial charge is 0.245 e. The molecule has 0 amide bonds. The van der Waals surface area contributed by atoms with E-state index < -0.39 is 20.9 Å². The predicted octanol–water partition coefficient (Wildman–Crippen LogP) is 4.11. The van der Waals surface area contributed by atoms with Crippen molar-refractivity contribution in [3.8, 4) is 11.4 Å². The fourth-order valence-electron chi connectivity index (χ4n) is 2.98. The highest BCUT2D eigenvalue weighted by atomic mass is 32.2. The third-order valence-corrected chi connectivity index (χ3v) is 6.89. The standard InChI is InChI=1S/C21H19FN4O3S/c1-12-8-9-15(10-16(12)22)20-25-21(29-26-20)14(3)30(27,28)11-19-13(2)23-17-6-4-5-7-18(17)24-19/h4-10,14H,11H2,1-3H3/t14-/m1/s1. The Labute approximate surface area is 172 Å². The molecule has 9 heteroatoms. The topological polar surface area (TPSA) is 98.8 Å². The summed E-state index contributed by atoms with van der Waals surface area (Å²) in [7, 11) is -3.71. The molecular weight excluding hydrogens is 407 g/mol. The number of nitrogens with zero attached hydrogens (tertiary/aromatic N) is 4. The van der Waals surface area contributed by atoms with Gasteiger partial charge in [-0.2, -0.15) is 4.98 Å². The Kier molecular flexibility index (Phi) is 5.07. The summed E-state index contributed by atoms with van der Waals surface area (Å²) in [4.78, 5) is 13.1. The van der Waals surface area contributed by atoms with Crippen LogP contribution in [-0.4, -0.2) is 28.5 Å². The molecule has 2 heterocycles. The lowest BCUT2D eigenvalue weighted by atomic mass is 10.1. The van der Waals surface area contributed by atoms with E-state index >= 15 is 0 Å². The van der Waals surface area contributed by atoms with Crippen molar-refractivity contribution in [3.05, 3.63) is 71.1 Å². The molecule has 7 nitrogen and oxygen atoms in total. The number of hydrogen-bond acceptors (Lipinski definition) is 7. The number of hydrogen-bond donors (Lipinski definition) is 0. The van der Waals surface area contributed by atoms with Crippen LogP contribution in [0.5, 0.6) is 0 Å². The van der Waals surface area contributed by atoms with Crippen molar-refractivity contribution in [2.75, 3.05) is 0 Å². The molecule has 0 aliphatic carbocycles. The number of fused-ring (bicyclic) bond motifs is 1. The van der Waals surface area contributed by atoms with Crippen LogP contribution in [0, 0.1) is 19.7 Å². The zero-order valence-electron chi connectivity index (χ0n) is 16.6. The SMILES string of the molecule is Cc1ccc(-c2noc([C@@H](C)S(=O)(=O)Cc3nc4ccccc4nc3C)n2)cc1F. The van der Waals surface area contributed by atoms with Crippen LogP contribution in [0.25, 0.3) is 22.4 Å². The van der Waals surface area contributed by atoms with Crippen molar-refractivity contribution in [1.29, 1.82) is 0 Å². The normalized spacial score (nSPS) is 12.9. The molecule has 0 saturated carbocycles. The van der Waals surface area contributed by atoms with Crippen LogP contribution in [0.15, 0.2) is 47.0 Å². The first-order valence-electron chi connectivity index (χ1n) is 9.28. The molecule has 0 fully saturated rings. The summed E-state index contributed by atoms with van der Waals surface area (Å²) in [5.74, 6) is -0.635. The van der Waals surface area contributed by atoms with Gasteiger partial charge in [0, 0.05) is 5.56 Å². The van der Waals surface area contributed by atoms with E-state index in [9.17, 15) is 12.8 Å². The van der Waals surface area contributed by atoms with E-state index in [0.717, 1.165) is 0 Å². The zero-order chi connectivity index (χ0) is 21.5. The first-order valence-corrected chi connectivity index (χ1v) is 11.0. The third kappa shape index (κ3) is 3.80. The molecule has 0 aliphatic heterocycles. The molecule has 2 aromatic heterocycles. The Hall–Kier alpha value is -3.20. The van der Waals surface area contributed by atoms with Crippen LogP contribution in [0.4, 0.5) is 4.39 Å². The van der Waals surface area contributed by atoms with Crippen molar-refractivity contribution >= 4 is 20.9 Å². The molecule has 0 unspecified atom stereocenters. The van der Waals surface area contributed by atoms with Crippen molar-refractivity contribution in [1.82, 2.24) is 20.1 Å². The molecule has 0 N–H and O–H groups in total. The monoisotopic (exact) mass is 426 g/mol. The predicted molar refractivity (Wildman–Crippen MR) is 110 cm³/mol. The number of sulfone groups is 1. The Balaban J connectivity index is 1.61. The minimum absolute atomic E-state index is 0.0580. The summed E-state index contributed by atoms with van der Waals surface area (Å²) in [6, 6.07) is 11.8. The maximum atomic E-state index is 13.8. The van der Waals surface area contributed by atoms with Gasteiger partial charge in [-0.1, -0.05) is 29.4 Å². The fourth-order valence-corrected chi connectivity index (χ4v) is 4.29. The van der Waals surface area contributed by atoms with Crippen LogP contribution >= 0.6 is 0 Å². The van der Waals surface area contributed by atoms with Crippen molar-refractivity contribution in [3.63, 3.8) is 0 Å². The number of halogens is 1. The van der Waals surface area contributed by atoms with E-state index in [1.165, 1.54) is 13.0 Å². The minimum Gasteiger partial charge on any atom is -0.338 e. The molecule has 4 rings (SSSR count). The number of rotatable bonds is 5. The van der Waals surface area contributed by atoms with E-state index in [-0.39, 0.29) is 17.5 Å². The maximum Gasteiger partial charge on any atom is 0.245 e. The first-order chi connectivity index (χ1) is 14.2. The minimum atomic E-state index is -3.71. The molecule has 0 aliphatic rings. The zero-order valence-corrected chi connectivity index (χ0v) is 17.4. The highest BCUT2D eigenvalue weighted by Gasteiger charge is 2.30. The highest BCUT2D eigenvalue weighted by Crippen LogP contribution is 2.27. The van der Waals surface area contributed by atoms with Crippen LogP contribution in [0.2, 0.25) is 0 Å². The van der Waals surface area contributed by atoms with Gasteiger partial charge in [0.15, 0.2) is 9.84 Å². The number of para-hydroxylation sites is 2. The van der Waals surface area contributed by atoms with Crippen LogP contribution in [0.3, 0.4) is 0 Å². The van der Waals surface area contributed by atoms with Crippen molar-refractivity contribution < 1.29 is 17.3 Å². The molecule has 0 radical (unpaired) electrons. The Bertz CT molecular complexity index is 1350. The second-order valence-corrected chi connectivity index (χ2v) is 9.44. The van der Waals surface area contributed by atoms with Gasteiger partial charge in [-0.25, -0.2) is 22.8 Å². The number of aromatic nitrogens is 4. The summed E-state index contributed by atoms with van der Waals surface area (Å²) < 4.78 is 44.9. The maximum absolute atomic E-state index is 13.8. The molecule has 0 spiro atoms. The van der Waals surface area contributed by atoms with E-state index in [4.69, 9.17) is 4.52 Å². The summed E-state index contributed by atoms with van der Waals surface area (Å²) in [6.45, 7) is 4.85. The fraction of sp³-hybridized carbons (Fsp3) is 0.238. The van der Waals surface area contributed by atoms with Gasteiger partial charge < -0.3 is 4.52 Å². The van der Waals surface area contributed by atoms with Crippen molar-refractivity contribution in [2.45, 2.75) is 31.8 Å². The first kappa shape index (κ1) is 20.1. The molecule has 0 bridgehead atoms. The van der Waals surface area contributed by atoms with Gasteiger partial charge in [0.2, 0.25) is 11.7 Å². The third-order valence-electron chi connectivity index (χ3n) is 4.94. The van der Waals surface area contributed by atoms with Gasteiger partial charge in [-0.05, 0) is 44.5 Å². The van der Waals surface area contributed by atoms with E-state index in [1.807, 2.05) is 18.2 Å². The van der Waals surface area contributed by atoms with E-state index in [2.05, 4.69) is 20.1 Å². The van der Waals surface area contributed by atoms with Gasteiger partial charge >= 0.3 is 0 Å². The van der Waals surface area contributed by atoms with Crippen LogP contribution < -0.4 is 0 Å². The second-order valence-electron chi connectivity index (χ2n) is 7.11. The summed E-state index contributed by atoms with van der Waals surface area (Å²) in [5.41, 5.74) is 3.16.